The molecule has 1 aromatic rings. The van der Waals surface area contributed by atoms with Crippen molar-refractivity contribution in [3.05, 3.63) is 34.3 Å². The third-order valence-electron chi connectivity index (χ3n) is 4.24. The maximum atomic E-state index is 5.94. The van der Waals surface area contributed by atoms with Crippen LogP contribution in [0.4, 0.5) is 0 Å². The fourth-order valence-electron chi connectivity index (χ4n) is 2.73. The van der Waals surface area contributed by atoms with Crippen LogP contribution in [0.3, 0.4) is 0 Å². The van der Waals surface area contributed by atoms with Gasteiger partial charge in [0.05, 0.1) is 6.54 Å². The predicted molar refractivity (Wildman–Crippen MR) is 82.3 cm³/mol. The van der Waals surface area contributed by atoms with E-state index in [9.17, 15) is 0 Å². The highest BCUT2D eigenvalue weighted by atomic mass is 79.9. The highest BCUT2D eigenvalue weighted by molar-refractivity contribution is 9.10. The number of aliphatic imine (C=N–C) groups is 1. The lowest BCUT2D eigenvalue weighted by molar-refractivity contribution is 0.252. The predicted octanol–water partition coefficient (Wildman–Crippen LogP) is 2.94. The molecule has 2 fully saturated rings. The zero-order valence-corrected chi connectivity index (χ0v) is 12.6. The normalized spacial score (nSPS) is 21.8. The van der Waals surface area contributed by atoms with E-state index in [1.807, 2.05) is 0 Å². The molecule has 0 saturated heterocycles. The molecule has 0 radical (unpaired) electrons. The molecular formula is C15H20BrN3. The fourth-order valence-corrected chi connectivity index (χ4v) is 3.43. The number of nitrogens with two attached hydrogens (primary N) is 1. The van der Waals surface area contributed by atoms with E-state index in [0.29, 0.717) is 12.0 Å². The van der Waals surface area contributed by atoms with Gasteiger partial charge in [0.1, 0.15) is 0 Å². The van der Waals surface area contributed by atoms with Crippen LogP contribution in [0.25, 0.3) is 0 Å². The van der Waals surface area contributed by atoms with Crippen LogP contribution in [0.5, 0.6) is 0 Å². The molecular weight excluding hydrogens is 302 g/mol. The molecule has 0 amide bonds. The van der Waals surface area contributed by atoms with Gasteiger partial charge in [-0.25, -0.2) is 0 Å². The lowest BCUT2D eigenvalue weighted by Gasteiger charge is -2.42. The molecule has 0 atom stereocenters. The van der Waals surface area contributed by atoms with Crippen molar-refractivity contribution < 1.29 is 0 Å². The van der Waals surface area contributed by atoms with Crippen LogP contribution in [-0.4, -0.2) is 18.5 Å². The topological polar surface area (TPSA) is 50.4 Å². The molecule has 3 rings (SSSR count). The molecule has 102 valence electrons. The minimum Gasteiger partial charge on any atom is -0.370 e. The van der Waals surface area contributed by atoms with Crippen molar-refractivity contribution in [2.75, 3.05) is 6.54 Å². The number of nitrogens with one attached hydrogen (secondary N) is 1. The van der Waals surface area contributed by atoms with Crippen LogP contribution in [0.1, 0.15) is 37.7 Å². The smallest absolute Gasteiger partial charge is 0.188 e. The van der Waals surface area contributed by atoms with Crippen LogP contribution in [-0.2, 0) is 5.41 Å². The van der Waals surface area contributed by atoms with Crippen LogP contribution in [0, 0.1) is 0 Å². The van der Waals surface area contributed by atoms with E-state index >= 15 is 0 Å². The van der Waals surface area contributed by atoms with Gasteiger partial charge in [0, 0.05) is 15.9 Å². The third kappa shape index (κ3) is 2.78. The number of hydrogen-bond acceptors (Lipinski definition) is 1. The van der Waals surface area contributed by atoms with Gasteiger partial charge < -0.3 is 11.1 Å². The second-order valence-electron chi connectivity index (χ2n) is 5.73. The molecule has 2 aliphatic rings. The lowest BCUT2D eigenvalue weighted by atomic mass is 9.64. The number of rotatable bonds is 4. The highest BCUT2D eigenvalue weighted by Crippen LogP contribution is 2.46. The third-order valence-corrected chi connectivity index (χ3v) is 4.93. The molecule has 19 heavy (non-hydrogen) atoms. The minimum atomic E-state index is 0.190. The molecule has 0 heterocycles. The number of hydrogen-bond donors (Lipinski definition) is 2. The molecule has 1 aromatic carbocycles. The van der Waals surface area contributed by atoms with Crippen molar-refractivity contribution in [1.29, 1.82) is 0 Å². The first-order valence-electron chi connectivity index (χ1n) is 7.01. The first-order valence-corrected chi connectivity index (χ1v) is 7.80. The Kier molecular flexibility index (Phi) is 3.52. The first kappa shape index (κ1) is 13.0. The SMILES string of the molecule is NC(=NCC1(c2ccccc2Br)CCC1)NC1CC1. The second kappa shape index (κ2) is 5.16. The largest absolute Gasteiger partial charge is 0.370 e. The van der Waals surface area contributed by atoms with Crippen LogP contribution >= 0.6 is 15.9 Å². The molecule has 0 unspecified atom stereocenters. The van der Waals surface area contributed by atoms with Gasteiger partial charge >= 0.3 is 0 Å². The summed E-state index contributed by atoms with van der Waals surface area (Å²) in [4.78, 5) is 4.58. The molecule has 2 saturated carbocycles. The van der Waals surface area contributed by atoms with E-state index < -0.39 is 0 Å². The summed E-state index contributed by atoms with van der Waals surface area (Å²) in [5, 5.41) is 3.26. The van der Waals surface area contributed by atoms with E-state index in [-0.39, 0.29) is 5.41 Å². The van der Waals surface area contributed by atoms with Gasteiger partial charge in [-0.15, -0.1) is 0 Å². The summed E-state index contributed by atoms with van der Waals surface area (Å²) in [6.07, 6.45) is 6.15. The Balaban J connectivity index is 1.74. The second-order valence-corrected chi connectivity index (χ2v) is 6.59. The maximum absolute atomic E-state index is 5.94. The quantitative estimate of drug-likeness (QED) is 0.661. The Morgan fingerprint density at radius 2 is 2.11 bits per heavy atom. The van der Waals surface area contributed by atoms with E-state index in [1.165, 1.54) is 42.1 Å². The van der Waals surface area contributed by atoms with Crippen molar-refractivity contribution in [3.63, 3.8) is 0 Å². The standard InChI is InChI=1S/C15H20BrN3/c16-13-5-2-1-4-12(13)15(8-3-9-15)10-18-14(17)19-11-6-7-11/h1-2,4-5,11H,3,6-10H2,(H3,17,18,19). The van der Waals surface area contributed by atoms with Crippen molar-refractivity contribution in [2.45, 2.75) is 43.6 Å². The summed E-state index contributed by atoms with van der Waals surface area (Å²) in [6, 6.07) is 9.07. The summed E-state index contributed by atoms with van der Waals surface area (Å²) >= 11 is 3.67. The van der Waals surface area contributed by atoms with E-state index in [2.05, 4.69) is 50.5 Å². The summed E-state index contributed by atoms with van der Waals surface area (Å²) < 4.78 is 1.19. The van der Waals surface area contributed by atoms with Gasteiger partial charge in [-0.3, -0.25) is 4.99 Å². The lowest BCUT2D eigenvalue weighted by Crippen LogP contribution is -2.40. The molecule has 0 spiro atoms. The van der Waals surface area contributed by atoms with Crippen LogP contribution in [0.15, 0.2) is 33.7 Å². The molecule has 0 aliphatic heterocycles. The van der Waals surface area contributed by atoms with Crippen molar-refractivity contribution >= 4 is 21.9 Å². The highest BCUT2D eigenvalue weighted by Gasteiger charge is 2.39. The van der Waals surface area contributed by atoms with Gasteiger partial charge in [0.2, 0.25) is 0 Å². The van der Waals surface area contributed by atoms with Crippen LogP contribution < -0.4 is 11.1 Å². The number of nitrogens with zero attached hydrogens (tertiary/aromatic N) is 1. The van der Waals surface area contributed by atoms with Gasteiger partial charge in [-0.1, -0.05) is 40.5 Å². The Bertz CT molecular complexity index is 490. The number of halogens is 1. The molecule has 2 aliphatic carbocycles. The zero-order valence-electron chi connectivity index (χ0n) is 11.0. The Hall–Kier alpha value is -1.03. The molecule has 3 N–H and O–H groups in total. The number of benzene rings is 1. The van der Waals surface area contributed by atoms with Crippen molar-refractivity contribution in [1.82, 2.24) is 5.32 Å². The fraction of sp³-hybridized carbons (Fsp3) is 0.533. The van der Waals surface area contributed by atoms with Gasteiger partial charge in [-0.05, 0) is 37.3 Å². The Labute approximate surface area is 122 Å². The van der Waals surface area contributed by atoms with Crippen LogP contribution in [0.2, 0.25) is 0 Å². The van der Waals surface area contributed by atoms with E-state index in [0.717, 1.165) is 6.54 Å². The Morgan fingerprint density at radius 3 is 2.68 bits per heavy atom. The Morgan fingerprint density at radius 1 is 1.37 bits per heavy atom. The molecule has 0 bridgehead atoms. The van der Waals surface area contributed by atoms with Crippen molar-refractivity contribution in [2.24, 2.45) is 10.7 Å². The average Bonchev–Trinajstić information content (AvgIpc) is 3.13. The monoisotopic (exact) mass is 321 g/mol. The van der Waals surface area contributed by atoms with Crippen molar-refractivity contribution in [3.8, 4) is 0 Å². The van der Waals surface area contributed by atoms with E-state index in [1.54, 1.807) is 0 Å². The van der Waals surface area contributed by atoms with Gasteiger partial charge in [-0.2, -0.15) is 0 Å². The zero-order chi connectivity index (χ0) is 13.3. The summed E-state index contributed by atoms with van der Waals surface area (Å²) in [7, 11) is 0. The number of guanidine groups is 1. The summed E-state index contributed by atoms with van der Waals surface area (Å²) in [5.41, 5.74) is 7.51. The summed E-state index contributed by atoms with van der Waals surface area (Å²) in [6.45, 7) is 0.793. The minimum absolute atomic E-state index is 0.190. The molecule has 4 heteroatoms. The molecule has 0 aromatic heterocycles. The maximum Gasteiger partial charge on any atom is 0.188 e. The van der Waals surface area contributed by atoms with Gasteiger partial charge in [0.25, 0.3) is 0 Å². The summed E-state index contributed by atoms with van der Waals surface area (Å²) in [5.74, 6) is 0.612. The van der Waals surface area contributed by atoms with E-state index in [4.69, 9.17) is 5.73 Å². The first-order chi connectivity index (χ1) is 9.20. The van der Waals surface area contributed by atoms with Gasteiger partial charge in [0.15, 0.2) is 5.96 Å². The molecule has 3 nitrogen and oxygen atoms in total. The average molecular weight is 322 g/mol.